The third-order valence-corrected chi connectivity index (χ3v) is 6.54. The standard InChI is InChI=1S/C25H23FN4O3S/c1-17-14-22(12-13-23(17)26)34(32,33)29-21-10-8-20(9-11-21)25(31)27-24-15-18(2)28-30(24)16-19-6-4-3-5-7-19/h3-15,29H,16H2,1-2H3,(H,27,31). The van der Waals surface area contributed by atoms with Gasteiger partial charge in [0.25, 0.3) is 15.9 Å². The molecule has 0 atom stereocenters. The number of anilines is 2. The molecular formula is C25H23FN4O3S. The Bertz CT molecular complexity index is 1430. The van der Waals surface area contributed by atoms with Gasteiger partial charge in [-0.15, -0.1) is 0 Å². The number of hydrogen-bond donors (Lipinski definition) is 2. The van der Waals surface area contributed by atoms with Gasteiger partial charge < -0.3 is 5.32 Å². The molecule has 1 amide bonds. The van der Waals surface area contributed by atoms with Crippen LogP contribution in [0.4, 0.5) is 15.9 Å². The van der Waals surface area contributed by atoms with Crippen molar-refractivity contribution in [1.29, 1.82) is 0 Å². The summed E-state index contributed by atoms with van der Waals surface area (Å²) >= 11 is 0. The third-order valence-electron chi connectivity index (χ3n) is 5.16. The second-order valence-corrected chi connectivity index (χ2v) is 9.54. The normalized spacial score (nSPS) is 11.3. The molecule has 3 aromatic carbocycles. The van der Waals surface area contributed by atoms with Crippen molar-refractivity contribution in [2.75, 3.05) is 10.0 Å². The molecule has 1 heterocycles. The van der Waals surface area contributed by atoms with Crippen LogP contribution in [0.2, 0.25) is 0 Å². The van der Waals surface area contributed by atoms with Crippen LogP contribution >= 0.6 is 0 Å². The van der Waals surface area contributed by atoms with Crippen molar-refractivity contribution in [3.05, 3.63) is 107 Å². The van der Waals surface area contributed by atoms with E-state index in [0.717, 1.165) is 17.3 Å². The lowest BCUT2D eigenvalue weighted by Crippen LogP contribution is -2.16. The molecule has 7 nitrogen and oxygen atoms in total. The summed E-state index contributed by atoms with van der Waals surface area (Å²) in [6, 6.07) is 21.2. The molecule has 0 saturated carbocycles. The summed E-state index contributed by atoms with van der Waals surface area (Å²) in [5.74, 6) is -0.268. The molecule has 174 valence electrons. The number of nitrogens with zero attached hydrogens (tertiary/aromatic N) is 2. The van der Waals surface area contributed by atoms with Gasteiger partial charge in [0.1, 0.15) is 11.6 Å². The van der Waals surface area contributed by atoms with Gasteiger partial charge in [0.05, 0.1) is 17.1 Å². The maximum Gasteiger partial charge on any atom is 0.261 e. The highest BCUT2D eigenvalue weighted by molar-refractivity contribution is 7.92. The van der Waals surface area contributed by atoms with Crippen molar-refractivity contribution < 1.29 is 17.6 Å². The van der Waals surface area contributed by atoms with Crippen molar-refractivity contribution in [3.63, 3.8) is 0 Å². The van der Waals surface area contributed by atoms with Crippen LogP contribution in [-0.2, 0) is 16.6 Å². The molecule has 0 spiro atoms. The van der Waals surface area contributed by atoms with Gasteiger partial charge in [-0.1, -0.05) is 30.3 Å². The fraction of sp³-hybridized carbons (Fsp3) is 0.120. The summed E-state index contributed by atoms with van der Waals surface area (Å²) in [5, 5.41) is 7.31. The van der Waals surface area contributed by atoms with Gasteiger partial charge in [0.2, 0.25) is 0 Å². The number of rotatable bonds is 7. The predicted molar refractivity (Wildman–Crippen MR) is 129 cm³/mol. The molecule has 0 bridgehead atoms. The molecule has 2 N–H and O–H groups in total. The fourth-order valence-corrected chi connectivity index (χ4v) is 4.54. The second-order valence-electron chi connectivity index (χ2n) is 7.86. The van der Waals surface area contributed by atoms with E-state index in [1.165, 1.54) is 43.3 Å². The van der Waals surface area contributed by atoms with Crippen molar-refractivity contribution >= 4 is 27.4 Å². The molecule has 9 heteroatoms. The van der Waals surface area contributed by atoms with E-state index in [-0.39, 0.29) is 22.1 Å². The Kier molecular flexibility index (Phi) is 6.47. The van der Waals surface area contributed by atoms with E-state index in [0.29, 0.717) is 17.9 Å². The first kappa shape index (κ1) is 23.2. The number of carbonyl (C=O) groups excluding carboxylic acids is 1. The van der Waals surface area contributed by atoms with Gasteiger partial charge in [0, 0.05) is 17.3 Å². The van der Waals surface area contributed by atoms with E-state index in [9.17, 15) is 17.6 Å². The number of amides is 1. The Hall–Kier alpha value is -3.98. The van der Waals surface area contributed by atoms with Crippen LogP contribution in [0.5, 0.6) is 0 Å². The Labute approximate surface area is 197 Å². The quantitative estimate of drug-likeness (QED) is 0.401. The first-order chi connectivity index (χ1) is 16.2. The first-order valence-corrected chi connectivity index (χ1v) is 12.0. The van der Waals surface area contributed by atoms with Crippen molar-refractivity contribution in [2.45, 2.75) is 25.3 Å². The highest BCUT2D eigenvalue weighted by atomic mass is 32.2. The highest BCUT2D eigenvalue weighted by Gasteiger charge is 2.16. The molecule has 0 unspecified atom stereocenters. The molecule has 0 fully saturated rings. The van der Waals surface area contributed by atoms with Crippen molar-refractivity contribution in [2.24, 2.45) is 0 Å². The Morgan fingerprint density at radius 1 is 0.971 bits per heavy atom. The molecule has 1 aromatic heterocycles. The number of aryl methyl sites for hydroxylation is 2. The number of halogens is 1. The Morgan fingerprint density at radius 3 is 2.35 bits per heavy atom. The van der Waals surface area contributed by atoms with Crippen LogP contribution in [0, 0.1) is 19.7 Å². The van der Waals surface area contributed by atoms with Gasteiger partial charge in [0.15, 0.2) is 0 Å². The van der Waals surface area contributed by atoms with Crippen molar-refractivity contribution in [3.8, 4) is 0 Å². The lowest BCUT2D eigenvalue weighted by molar-refractivity contribution is 0.102. The molecule has 4 rings (SSSR count). The van der Waals surface area contributed by atoms with E-state index in [1.54, 1.807) is 10.7 Å². The van der Waals surface area contributed by atoms with Crippen LogP contribution in [0.3, 0.4) is 0 Å². The molecule has 34 heavy (non-hydrogen) atoms. The fourth-order valence-electron chi connectivity index (χ4n) is 3.40. The monoisotopic (exact) mass is 478 g/mol. The van der Waals surface area contributed by atoms with E-state index in [2.05, 4.69) is 15.1 Å². The number of carbonyl (C=O) groups is 1. The van der Waals surface area contributed by atoms with Gasteiger partial charge >= 0.3 is 0 Å². The molecular weight excluding hydrogens is 455 g/mol. The van der Waals surface area contributed by atoms with Gasteiger partial charge in [-0.05, 0) is 67.4 Å². The minimum atomic E-state index is -3.90. The zero-order valence-corrected chi connectivity index (χ0v) is 19.4. The highest BCUT2D eigenvalue weighted by Crippen LogP contribution is 2.20. The molecule has 0 saturated heterocycles. The van der Waals surface area contributed by atoms with Crippen LogP contribution in [-0.4, -0.2) is 24.1 Å². The minimum Gasteiger partial charge on any atom is -0.307 e. The average molecular weight is 479 g/mol. The Morgan fingerprint density at radius 2 is 1.68 bits per heavy atom. The zero-order chi connectivity index (χ0) is 24.3. The summed E-state index contributed by atoms with van der Waals surface area (Å²) in [6.45, 7) is 3.85. The second kappa shape index (κ2) is 9.48. The van der Waals surface area contributed by atoms with E-state index in [1.807, 2.05) is 37.3 Å². The van der Waals surface area contributed by atoms with Crippen molar-refractivity contribution in [1.82, 2.24) is 9.78 Å². The van der Waals surface area contributed by atoms with Gasteiger partial charge in [-0.25, -0.2) is 17.5 Å². The van der Waals surface area contributed by atoms with Gasteiger partial charge in [-0.2, -0.15) is 5.10 Å². The maximum atomic E-state index is 13.5. The topological polar surface area (TPSA) is 93.1 Å². The third kappa shape index (κ3) is 5.32. The number of sulfonamides is 1. The van der Waals surface area contributed by atoms with Gasteiger partial charge in [-0.3, -0.25) is 9.52 Å². The summed E-state index contributed by atoms with van der Waals surface area (Å²) < 4.78 is 42.8. The smallest absolute Gasteiger partial charge is 0.261 e. The molecule has 4 aromatic rings. The summed E-state index contributed by atoms with van der Waals surface area (Å²) in [7, 11) is -3.90. The number of benzene rings is 3. The average Bonchev–Trinajstić information content (AvgIpc) is 3.14. The Balaban J connectivity index is 1.46. The van der Waals surface area contributed by atoms with Crippen LogP contribution in [0.15, 0.2) is 83.8 Å². The zero-order valence-electron chi connectivity index (χ0n) is 18.6. The lowest BCUT2D eigenvalue weighted by Gasteiger charge is -2.11. The number of hydrogen-bond acceptors (Lipinski definition) is 4. The molecule has 0 aliphatic rings. The molecule has 0 radical (unpaired) electrons. The number of nitrogens with one attached hydrogen (secondary N) is 2. The van der Waals surface area contributed by atoms with Crippen LogP contribution in [0.25, 0.3) is 0 Å². The summed E-state index contributed by atoms with van der Waals surface area (Å²) in [5.41, 5.74) is 2.69. The van der Waals surface area contributed by atoms with Crippen LogP contribution < -0.4 is 10.0 Å². The maximum absolute atomic E-state index is 13.5. The minimum absolute atomic E-state index is 0.0460. The predicted octanol–water partition coefficient (Wildman–Crippen LogP) is 4.74. The first-order valence-electron chi connectivity index (χ1n) is 10.5. The van der Waals surface area contributed by atoms with Crippen LogP contribution in [0.1, 0.15) is 27.2 Å². The largest absolute Gasteiger partial charge is 0.307 e. The van der Waals surface area contributed by atoms with E-state index in [4.69, 9.17) is 0 Å². The van der Waals surface area contributed by atoms with E-state index >= 15 is 0 Å². The lowest BCUT2D eigenvalue weighted by atomic mass is 10.2. The summed E-state index contributed by atoms with van der Waals surface area (Å²) in [6.07, 6.45) is 0. The van der Waals surface area contributed by atoms with E-state index < -0.39 is 15.8 Å². The summed E-state index contributed by atoms with van der Waals surface area (Å²) in [4.78, 5) is 12.7. The number of aromatic nitrogens is 2. The molecule has 0 aliphatic carbocycles. The SMILES string of the molecule is Cc1cc(NC(=O)c2ccc(NS(=O)(=O)c3ccc(F)c(C)c3)cc2)n(Cc2ccccc2)n1. The molecule has 0 aliphatic heterocycles.